The van der Waals surface area contributed by atoms with E-state index < -0.39 is 0 Å². The summed E-state index contributed by atoms with van der Waals surface area (Å²) in [6.07, 6.45) is 8.15. The lowest BCUT2D eigenvalue weighted by Gasteiger charge is -2.09. The molecule has 6 nitrogen and oxygen atoms in total. The number of nitrogens with two attached hydrogens (primary N) is 1. The summed E-state index contributed by atoms with van der Waals surface area (Å²) in [5.74, 6) is 0. The minimum atomic E-state index is 0.413. The minimum Gasteiger partial charge on any atom is -0.398 e. The van der Waals surface area contributed by atoms with Crippen molar-refractivity contribution in [1.29, 1.82) is 0 Å². The second kappa shape index (κ2) is 6.50. The van der Waals surface area contributed by atoms with Crippen molar-refractivity contribution in [2.75, 3.05) is 7.05 Å². The smallest absolute Gasteiger partial charge is 0.129 e. The predicted octanol–water partition coefficient (Wildman–Crippen LogP) is 2.60. The van der Waals surface area contributed by atoms with Crippen molar-refractivity contribution in [2.24, 2.45) is 10.7 Å². The summed E-state index contributed by atoms with van der Waals surface area (Å²) in [7, 11) is 1.68. The first kappa shape index (κ1) is 15.1. The van der Waals surface area contributed by atoms with Gasteiger partial charge >= 0.3 is 0 Å². The fourth-order valence-electron chi connectivity index (χ4n) is 2.15. The van der Waals surface area contributed by atoms with Crippen LogP contribution in [0.15, 0.2) is 48.1 Å². The fraction of sp³-hybridized carbons (Fsp3) is 0.0625. The van der Waals surface area contributed by atoms with Gasteiger partial charge in [0, 0.05) is 48.6 Å². The summed E-state index contributed by atoms with van der Waals surface area (Å²) in [6, 6.07) is 5.40. The van der Waals surface area contributed by atoms with Crippen LogP contribution in [-0.4, -0.2) is 33.2 Å². The van der Waals surface area contributed by atoms with Crippen LogP contribution in [0.25, 0.3) is 22.3 Å². The van der Waals surface area contributed by atoms with Crippen LogP contribution < -0.4 is 5.73 Å². The van der Waals surface area contributed by atoms with Gasteiger partial charge in [0.15, 0.2) is 0 Å². The van der Waals surface area contributed by atoms with E-state index >= 15 is 0 Å². The largest absolute Gasteiger partial charge is 0.398 e. The van der Waals surface area contributed by atoms with Crippen LogP contribution in [0.2, 0.25) is 5.15 Å². The molecule has 0 radical (unpaired) electrons. The normalized spacial score (nSPS) is 12.6. The van der Waals surface area contributed by atoms with Gasteiger partial charge in [0.25, 0.3) is 0 Å². The molecule has 0 aliphatic carbocycles. The Kier molecular flexibility index (Phi) is 4.25. The van der Waals surface area contributed by atoms with Gasteiger partial charge in [0.2, 0.25) is 0 Å². The summed E-state index contributed by atoms with van der Waals surface area (Å²) in [4.78, 5) is 20.7. The Labute approximate surface area is 137 Å². The highest BCUT2D eigenvalue weighted by molar-refractivity contribution is 6.29. The van der Waals surface area contributed by atoms with Crippen molar-refractivity contribution >= 4 is 40.1 Å². The fourth-order valence-corrected chi connectivity index (χ4v) is 2.31. The molecular formula is C16H13ClN6. The zero-order valence-corrected chi connectivity index (χ0v) is 13.1. The van der Waals surface area contributed by atoms with E-state index in [4.69, 9.17) is 17.3 Å². The predicted molar refractivity (Wildman–Crippen MR) is 92.0 cm³/mol. The quantitative estimate of drug-likeness (QED) is 0.590. The topological polar surface area (TPSA) is 89.9 Å². The highest BCUT2D eigenvalue weighted by Crippen LogP contribution is 2.23. The Balaban J connectivity index is 2.19. The molecule has 0 fully saturated rings. The van der Waals surface area contributed by atoms with Gasteiger partial charge in [0.05, 0.1) is 16.7 Å². The van der Waals surface area contributed by atoms with Crippen molar-refractivity contribution in [3.05, 3.63) is 59.4 Å². The third-order valence-electron chi connectivity index (χ3n) is 3.23. The first-order chi connectivity index (χ1) is 11.2. The molecule has 0 aromatic carbocycles. The molecule has 0 saturated carbocycles. The van der Waals surface area contributed by atoms with E-state index in [1.807, 2.05) is 12.1 Å². The molecule has 0 aliphatic rings. The average molecular weight is 325 g/mol. The molecule has 0 atom stereocenters. The van der Waals surface area contributed by atoms with Crippen LogP contribution in [0.5, 0.6) is 0 Å². The second-order valence-corrected chi connectivity index (χ2v) is 5.13. The third-order valence-corrected chi connectivity index (χ3v) is 3.44. The van der Waals surface area contributed by atoms with Crippen molar-refractivity contribution in [3.8, 4) is 0 Å². The van der Waals surface area contributed by atoms with Crippen LogP contribution in [0.1, 0.15) is 11.1 Å². The molecule has 0 aliphatic heterocycles. The van der Waals surface area contributed by atoms with E-state index in [0.717, 1.165) is 16.7 Å². The first-order valence-corrected chi connectivity index (χ1v) is 7.17. The molecule has 0 amide bonds. The molecular weight excluding hydrogens is 312 g/mol. The Hall–Kier alpha value is -2.86. The molecule has 0 bridgehead atoms. The number of hydrogen-bond acceptors (Lipinski definition) is 6. The molecule has 3 aromatic heterocycles. The van der Waals surface area contributed by atoms with Gasteiger partial charge in [-0.2, -0.15) is 0 Å². The number of aromatic nitrogens is 4. The molecule has 2 N–H and O–H groups in total. The van der Waals surface area contributed by atoms with E-state index in [0.29, 0.717) is 21.9 Å². The summed E-state index contributed by atoms with van der Waals surface area (Å²) >= 11 is 5.95. The molecule has 0 saturated heterocycles. The monoisotopic (exact) mass is 324 g/mol. The number of allylic oxidation sites excluding steroid dienone is 1. The minimum absolute atomic E-state index is 0.413. The van der Waals surface area contributed by atoms with Crippen LogP contribution in [-0.2, 0) is 0 Å². The zero-order valence-electron chi connectivity index (χ0n) is 12.3. The van der Waals surface area contributed by atoms with Crippen LogP contribution in [0, 0.1) is 0 Å². The number of fused-ring (bicyclic) bond motifs is 1. The van der Waals surface area contributed by atoms with Crippen LogP contribution >= 0.6 is 11.6 Å². The van der Waals surface area contributed by atoms with Crippen LogP contribution in [0.4, 0.5) is 0 Å². The van der Waals surface area contributed by atoms with Gasteiger partial charge in [-0.15, -0.1) is 0 Å². The maximum Gasteiger partial charge on any atom is 0.129 e. The standard InChI is InChI=1S/C16H13ClN6/c1-19-8-12(16(18)11-5-20-9-21-6-11)10-4-14-13(22-7-10)2-3-15(17)23-14/h2-9H,18H2,1H3. The first-order valence-electron chi connectivity index (χ1n) is 6.79. The zero-order chi connectivity index (χ0) is 16.2. The van der Waals surface area contributed by atoms with Gasteiger partial charge in [-0.1, -0.05) is 11.6 Å². The number of pyridine rings is 2. The van der Waals surface area contributed by atoms with E-state index in [9.17, 15) is 0 Å². The molecule has 114 valence electrons. The molecule has 7 heteroatoms. The molecule has 3 aromatic rings. The highest BCUT2D eigenvalue weighted by Gasteiger charge is 2.10. The highest BCUT2D eigenvalue weighted by atomic mass is 35.5. The maximum absolute atomic E-state index is 6.27. The second-order valence-electron chi connectivity index (χ2n) is 4.74. The summed E-state index contributed by atoms with van der Waals surface area (Å²) < 4.78 is 0. The number of aliphatic imine (C=N–C) groups is 1. The van der Waals surface area contributed by atoms with Crippen LogP contribution in [0.3, 0.4) is 0 Å². The number of nitrogens with zero attached hydrogens (tertiary/aromatic N) is 5. The number of rotatable bonds is 3. The molecule has 3 rings (SSSR count). The molecule has 0 spiro atoms. The summed E-state index contributed by atoms with van der Waals surface area (Å²) in [5.41, 5.74) is 10.4. The Morgan fingerprint density at radius 2 is 1.91 bits per heavy atom. The van der Waals surface area contributed by atoms with Gasteiger partial charge in [-0.3, -0.25) is 9.98 Å². The van der Waals surface area contributed by atoms with Crippen molar-refractivity contribution in [3.63, 3.8) is 0 Å². The number of hydrogen-bond donors (Lipinski definition) is 1. The van der Waals surface area contributed by atoms with Gasteiger partial charge in [-0.05, 0) is 18.2 Å². The van der Waals surface area contributed by atoms with Crippen molar-refractivity contribution in [1.82, 2.24) is 19.9 Å². The SMILES string of the molecule is CN=CC(=C(N)c1cncnc1)c1cnc2ccc(Cl)nc2c1. The molecule has 3 heterocycles. The van der Waals surface area contributed by atoms with Crippen molar-refractivity contribution in [2.45, 2.75) is 0 Å². The Morgan fingerprint density at radius 3 is 2.65 bits per heavy atom. The number of halogens is 1. The Morgan fingerprint density at radius 1 is 1.13 bits per heavy atom. The lowest BCUT2D eigenvalue weighted by atomic mass is 10.0. The van der Waals surface area contributed by atoms with E-state index in [-0.39, 0.29) is 0 Å². The summed E-state index contributed by atoms with van der Waals surface area (Å²) in [5, 5.41) is 0.413. The Bertz CT molecular complexity index is 905. The summed E-state index contributed by atoms with van der Waals surface area (Å²) in [6.45, 7) is 0. The van der Waals surface area contributed by atoms with Crippen molar-refractivity contribution < 1.29 is 0 Å². The maximum atomic E-state index is 6.27. The van der Waals surface area contributed by atoms with E-state index in [1.165, 1.54) is 6.33 Å². The lowest BCUT2D eigenvalue weighted by molar-refractivity contribution is 1.15. The third kappa shape index (κ3) is 3.17. The van der Waals surface area contributed by atoms with Gasteiger partial charge < -0.3 is 5.73 Å². The molecule has 0 unspecified atom stereocenters. The average Bonchev–Trinajstić information content (AvgIpc) is 2.59. The molecule has 23 heavy (non-hydrogen) atoms. The van der Waals surface area contributed by atoms with Gasteiger partial charge in [-0.25, -0.2) is 15.0 Å². The lowest BCUT2D eigenvalue weighted by Crippen LogP contribution is -2.04. The van der Waals surface area contributed by atoms with E-state index in [2.05, 4.69) is 24.9 Å². The van der Waals surface area contributed by atoms with E-state index in [1.54, 1.807) is 37.9 Å². The van der Waals surface area contributed by atoms with Gasteiger partial charge in [0.1, 0.15) is 11.5 Å².